The van der Waals surface area contributed by atoms with Crippen LogP contribution in [-0.2, 0) is 59.5 Å². The molecule has 0 bridgehead atoms. The van der Waals surface area contributed by atoms with Crippen LogP contribution in [0.25, 0.3) is 28.1 Å². The molecule has 5 aliphatic heterocycles. The van der Waals surface area contributed by atoms with Gasteiger partial charge in [0.2, 0.25) is 29.5 Å². The summed E-state index contributed by atoms with van der Waals surface area (Å²) in [6.07, 6.45) is 3.86. The van der Waals surface area contributed by atoms with Crippen molar-refractivity contribution in [3.63, 3.8) is 0 Å². The van der Waals surface area contributed by atoms with Crippen molar-refractivity contribution in [1.82, 2.24) is 46.1 Å². The number of ether oxygens (including phenoxy) is 6. The van der Waals surface area contributed by atoms with Gasteiger partial charge in [0.05, 0.1) is 88.9 Å². The molecule has 5 atom stereocenters. The lowest BCUT2D eigenvalue weighted by molar-refractivity contribution is -0.132. The zero-order valence-electron chi connectivity index (χ0n) is 62.4. The summed E-state index contributed by atoms with van der Waals surface area (Å²) < 4.78 is 37.3. The highest BCUT2D eigenvalue weighted by Gasteiger charge is 2.58. The van der Waals surface area contributed by atoms with E-state index in [0.29, 0.717) is 65.4 Å². The highest BCUT2D eigenvalue weighted by atomic mass is 16.6. The fourth-order valence-electron chi connectivity index (χ4n) is 15.0. The third-order valence-corrected chi connectivity index (χ3v) is 21.2. The van der Waals surface area contributed by atoms with Crippen LogP contribution in [0.15, 0.2) is 128 Å². The summed E-state index contributed by atoms with van der Waals surface area (Å²) in [6, 6.07) is 33.6. The van der Waals surface area contributed by atoms with Crippen molar-refractivity contribution in [3.8, 4) is 51.3 Å². The number of aryl methyl sites for hydroxylation is 1. The first-order chi connectivity index (χ1) is 52.5. The summed E-state index contributed by atoms with van der Waals surface area (Å²) in [5, 5.41) is 31.6. The van der Waals surface area contributed by atoms with Gasteiger partial charge in [-0.05, 0) is 140 Å². The second-order valence-electron chi connectivity index (χ2n) is 29.3. The number of ketones is 1. The standard InChI is InChI=1S/C82H91N11O16/c1-47(2)74(86-72(97)42-84-71(96)41-83-70(95)28-29-73(98)90-43-54-14-9-10-15-58(54)76-75(87-88-93(76)48(3)4)59-16-11-12-17-62(59)90)77(99)85-49(5)65(94)34-50-18-20-51(21-19-50)45-109-81(103)92-63-39-69(67(106-8)38-61(63)79(101)91-46-82(30-31-82)40-64(91)80(92)102)108-33-13-32-107-68-36-53-22-25-56-35-55(52-23-26-57(104-6)27-24-52)44-89(56)78(100)60(53)37-66(68)105-7/h9-12,14-21,23-24,26-27,36-39,44,47-49,56,64,74,80,102H,13,22,25,28-35,40-43,45-46H2,1-8H3,(H,83,95)(H,84,96)(H,85,99)(H,86,97)/t49-,56+,64-,74-,80?/m0/s1. The van der Waals surface area contributed by atoms with Crippen LogP contribution in [0, 0.1) is 11.3 Å². The van der Waals surface area contributed by atoms with E-state index in [2.05, 4.69) is 31.6 Å². The first-order valence-electron chi connectivity index (χ1n) is 37.0. The molecule has 13 rings (SSSR count). The van der Waals surface area contributed by atoms with Gasteiger partial charge in [0, 0.05) is 73.3 Å². The van der Waals surface area contributed by atoms with Crippen LogP contribution in [0.5, 0.6) is 28.7 Å². The van der Waals surface area contributed by atoms with E-state index in [1.165, 1.54) is 33.3 Å². The molecule has 6 aliphatic rings. The fourth-order valence-corrected chi connectivity index (χ4v) is 15.0. The number of Topliss-reactive ketones (excluding diaryl/α,β-unsaturated/α-hetero) is 1. The first-order valence-corrected chi connectivity index (χ1v) is 37.0. The van der Waals surface area contributed by atoms with E-state index in [-0.39, 0.29) is 109 Å². The van der Waals surface area contributed by atoms with Gasteiger partial charge in [-0.25, -0.2) is 14.4 Å². The van der Waals surface area contributed by atoms with E-state index in [1.807, 2.05) is 108 Å². The second kappa shape index (κ2) is 32.5. The monoisotopic (exact) mass is 1490 g/mol. The van der Waals surface area contributed by atoms with Gasteiger partial charge in [0.25, 0.3) is 11.8 Å². The van der Waals surface area contributed by atoms with Gasteiger partial charge in [-0.15, -0.1) is 5.10 Å². The van der Waals surface area contributed by atoms with Crippen LogP contribution in [0.3, 0.4) is 0 Å². The number of hydrogen-bond acceptors (Lipinski definition) is 18. The topological polar surface area (TPSA) is 321 Å². The SMILES string of the molecule is COc1ccc(C2=CN3C(=O)c4cc(OC)c(OCCCOc5cc6c(cc5OC)C(=O)N5CC7(CC7)C[C@H]5C(O)N6C(=O)OCc5ccc(CC(=O)[C@H](C)NC(=O)[C@@H](NC(=O)CNC(=O)CNC(=O)CCC(=O)N6Cc7ccccc7-c7c(nnn7C(C)C)-c7ccccc76)C(C)C)cc5)cc4CC[C@@H]3C2)cc1. The van der Waals surface area contributed by atoms with Gasteiger partial charge < -0.3 is 69.5 Å². The minimum atomic E-state index is -1.49. The molecule has 1 saturated carbocycles. The van der Waals surface area contributed by atoms with Crippen LogP contribution < -0.4 is 54.8 Å². The maximum Gasteiger partial charge on any atom is 0.416 e. The molecule has 1 unspecified atom stereocenters. The zero-order chi connectivity index (χ0) is 76.9. The maximum absolute atomic E-state index is 14.5. The molecule has 2 fully saturated rings. The number of hydrogen-bond donors (Lipinski definition) is 5. The third kappa shape index (κ3) is 16.3. The summed E-state index contributed by atoms with van der Waals surface area (Å²) in [6.45, 7) is 8.72. The van der Waals surface area contributed by atoms with E-state index >= 15 is 0 Å². The molecular formula is C82H91N11O16. The maximum atomic E-state index is 14.5. The number of anilines is 2. The normalized spacial score (nSPS) is 17.6. The molecule has 27 nitrogen and oxygen atoms in total. The molecule has 7 aromatic rings. The van der Waals surface area contributed by atoms with Crippen molar-refractivity contribution < 1.29 is 76.7 Å². The second-order valence-corrected chi connectivity index (χ2v) is 29.3. The highest BCUT2D eigenvalue weighted by molar-refractivity contribution is 6.07. The average Bonchev–Trinajstić information content (AvgIpc) is 1.82. The Labute approximate surface area is 631 Å². The highest BCUT2D eigenvalue weighted by Crippen LogP contribution is 2.57. The van der Waals surface area contributed by atoms with Crippen LogP contribution in [-0.4, -0.2) is 168 Å². The molecule has 1 aromatic heterocycles. The molecule has 1 spiro atoms. The van der Waals surface area contributed by atoms with Gasteiger partial charge in [-0.1, -0.05) is 97.9 Å². The number of para-hydroxylation sites is 1. The summed E-state index contributed by atoms with van der Waals surface area (Å²) in [4.78, 5) is 130. The molecule has 8 amide bonds. The van der Waals surface area contributed by atoms with Gasteiger partial charge >= 0.3 is 6.09 Å². The number of fused-ring (bicyclic) bond motifs is 9. The van der Waals surface area contributed by atoms with Crippen LogP contribution in [0.4, 0.5) is 16.2 Å². The van der Waals surface area contributed by atoms with Crippen molar-refractivity contribution in [3.05, 3.63) is 166 Å². The number of nitrogens with zero attached hydrogens (tertiary/aromatic N) is 7. The number of methoxy groups -OCH3 is 3. The van der Waals surface area contributed by atoms with Crippen LogP contribution in [0.2, 0.25) is 0 Å². The Hall–Kier alpha value is -11.6. The molecule has 6 heterocycles. The number of nitrogens with one attached hydrogen (secondary N) is 4. The van der Waals surface area contributed by atoms with E-state index < -0.39 is 73.1 Å². The smallest absolute Gasteiger partial charge is 0.416 e. The number of carbonyl (C=O) groups excluding carboxylic acids is 9. The molecule has 5 N–H and O–H groups in total. The number of amides is 8. The molecule has 1 aliphatic carbocycles. The van der Waals surface area contributed by atoms with Crippen molar-refractivity contribution in [2.24, 2.45) is 11.3 Å². The Balaban J connectivity index is 0.569. The number of carbonyl (C=O) groups is 9. The molecule has 27 heteroatoms. The summed E-state index contributed by atoms with van der Waals surface area (Å²) in [5.74, 6) is -2.03. The van der Waals surface area contributed by atoms with Gasteiger partial charge in [-0.2, -0.15) is 0 Å². The molecule has 6 aromatic carbocycles. The Morgan fingerprint density at radius 3 is 2.04 bits per heavy atom. The largest absolute Gasteiger partial charge is 0.497 e. The number of benzene rings is 6. The average molecular weight is 1490 g/mol. The first kappa shape index (κ1) is 75.6. The number of rotatable bonds is 27. The minimum Gasteiger partial charge on any atom is -0.497 e. The predicted molar refractivity (Wildman–Crippen MR) is 402 cm³/mol. The Morgan fingerprint density at radius 2 is 1.34 bits per heavy atom. The third-order valence-electron chi connectivity index (χ3n) is 21.2. The molecule has 1 saturated heterocycles. The number of aliphatic hydroxyl groups is 1. The molecule has 109 heavy (non-hydrogen) atoms. The molecule has 570 valence electrons. The van der Waals surface area contributed by atoms with E-state index in [1.54, 1.807) is 61.1 Å². The zero-order valence-corrected chi connectivity index (χ0v) is 62.4. The minimum absolute atomic E-state index is 0.00355. The van der Waals surface area contributed by atoms with Crippen molar-refractivity contribution >= 4 is 70.2 Å². The molecular weight excluding hydrogens is 1390 g/mol. The fraction of sp³-hybridized carbons (Fsp3) is 0.402. The predicted octanol–water partition coefficient (Wildman–Crippen LogP) is 9.05. The van der Waals surface area contributed by atoms with Gasteiger partial charge in [0.1, 0.15) is 24.1 Å². The summed E-state index contributed by atoms with van der Waals surface area (Å²) in [5.41, 5.74) is 9.34. The summed E-state index contributed by atoms with van der Waals surface area (Å²) >= 11 is 0. The van der Waals surface area contributed by atoms with Crippen molar-refractivity contribution in [2.45, 2.75) is 148 Å². The quantitative estimate of drug-likeness (QED) is 0.0300. The Morgan fingerprint density at radius 1 is 0.670 bits per heavy atom. The van der Waals surface area contributed by atoms with E-state index in [0.717, 1.165) is 75.4 Å². The van der Waals surface area contributed by atoms with Crippen LogP contribution >= 0.6 is 0 Å². The van der Waals surface area contributed by atoms with Crippen molar-refractivity contribution in [2.75, 3.05) is 64.0 Å². The summed E-state index contributed by atoms with van der Waals surface area (Å²) in [7, 11) is 4.61. The van der Waals surface area contributed by atoms with E-state index in [4.69, 9.17) is 28.4 Å². The van der Waals surface area contributed by atoms with Crippen LogP contribution in [0.1, 0.15) is 141 Å². The number of aliphatic hydroxyl groups excluding tert-OH is 1. The lowest BCUT2D eigenvalue weighted by Crippen LogP contribution is -2.54. The Kier molecular flexibility index (Phi) is 22.5. The van der Waals surface area contributed by atoms with E-state index in [9.17, 15) is 48.3 Å². The Bertz CT molecular complexity index is 4700. The van der Waals surface area contributed by atoms with Gasteiger partial charge in [0.15, 0.2) is 35.0 Å². The lowest BCUT2D eigenvalue weighted by Gasteiger charge is -2.31. The number of aromatic nitrogens is 3. The lowest BCUT2D eigenvalue weighted by atomic mass is 9.95. The van der Waals surface area contributed by atoms with Gasteiger partial charge in [-0.3, -0.25) is 38.4 Å². The molecule has 0 radical (unpaired) electrons. The van der Waals surface area contributed by atoms with Crippen molar-refractivity contribution in [1.29, 1.82) is 0 Å².